The Hall–Kier alpha value is 1.97. The van der Waals surface area contributed by atoms with Gasteiger partial charge < -0.3 is 4.98 Å². The third kappa shape index (κ3) is 3.79. The highest BCUT2D eigenvalue weighted by atomic mass is 127. The Morgan fingerprint density at radius 2 is 1.77 bits per heavy atom. The molecule has 1 rings (SSSR count). The fourth-order valence-corrected chi connectivity index (χ4v) is 3.96. The fraction of sp³-hybridized carbons (Fsp3) is 0.200. The smallest absolute Gasteiger partial charge is 0.343 e. The quantitative estimate of drug-likeness (QED) is 0.315. The second kappa shape index (κ2) is 4.87. The summed E-state index contributed by atoms with van der Waals surface area (Å²) in [5.74, 6) is 0. The zero-order valence-corrected chi connectivity index (χ0v) is 13.7. The van der Waals surface area contributed by atoms with Crippen molar-refractivity contribution in [3.8, 4) is 0 Å². The van der Waals surface area contributed by atoms with Gasteiger partial charge in [-0.05, 0) is 91.1 Å². The minimum atomic E-state index is -3.25. The van der Waals surface area contributed by atoms with E-state index in [1.165, 1.54) is 0 Å². The van der Waals surface area contributed by atoms with E-state index in [-0.39, 0.29) is 0 Å². The lowest BCUT2D eigenvalue weighted by Gasteiger charge is -2.04. The molecule has 74 valence electrons. The summed E-state index contributed by atoms with van der Waals surface area (Å²) in [6, 6.07) is 0. The Labute approximate surface area is 124 Å². The van der Waals surface area contributed by atoms with Crippen LogP contribution in [0.4, 0.5) is 8.78 Å². The molecule has 1 N–H and O–H groups in total. The summed E-state index contributed by atoms with van der Waals surface area (Å²) in [5, 5.41) is 0.411. The molecule has 0 aromatic carbocycles. The second-order valence-corrected chi connectivity index (χ2v) is 7.00. The van der Waals surface area contributed by atoms with Crippen LogP contribution in [0.3, 0.4) is 0 Å². The van der Waals surface area contributed by atoms with Gasteiger partial charge in [0.25, 0.3) is 0 Å². The Morgan fingerprint density at radius 1 is 1.23 bits per heavy atom. The summed E-state index contributed by atoms with van der Waals surface area (Å²) in [6.45, 7) is 0. The van der Waals surface area contributed by atoms with Crippen molar-refractivity contribution < 1.29 is 8.78 Å². The summed E-state index contributed by atoms with van der Waals surface area (Å²) in [5.41, 5.74) is 0. The average molecular weight is 561 g/mol. The lowest BCUT2D eigenvalue weighted by atomic mass is 10.7. The van der Waals surface area contributed by atoms with Gasteiger partial charge in [0, 0.05) is 0 Å². The Kier molecular flexibility index (Phi) is 4.88. The molecule has 0 amide bonds. The topological polar surface area (TPSA) is 15.8 Å². The molecular weight excluding hydrogens is 560 g/mol. The van der Waals surface area contributed by atoms with Crippen LogP contribution >= 0.6 is 91.1 Å². The van der Waals surface area contributed by atoms with Crippen molar-refractivity contribution in [2.75, 3.05) is 0 Å². The van der Waals surface area contributed by atoms with E-state index in [1.54, 1.807) is 0 Å². The van der Waals surface area contributed by atoms with Gasteiger partial charge in [-0.1, -0.05) is 0 Å². The van der Waals surface area contributed by atoms with Crippen LogP contribution in [0.15, 0.2) is 5.03 Å². The molecule has 0 saturated heterocycles. The number of nitrogens with one attached hydrogen (secondary N) is 1. The lowest BCUT2D eigenvalue weighted by Crippen LogP contribution is -1.97. The van der Waals surface area contributed by atoms with E-state index in [0.717, 1.165) is 10.8 Å². The van der Waals surface area contributed by atoms with Crippen molar-refractivity contribution in [3.05, 3.63) is 10.8 Å². The van der Waals surface area contributed by atoms with Crippen LogP contribution < -0.4 is 0 Å². The van der Waals surface area contributed by atoms with E-state index in [4.69, 9.17) is 11.6 Å². The summed E-state index contributed by atoms with van der Waals surface area (Å²) in [7, 11) is 0. The molecule has 0 spiro atoms. The Balaban J connectivity index is 2.97. The summed E-state index contributed by atoms with van der Waals surface area (Å²) < 4.78 is 24.2. The first-order chi connectivity index (χ1) is 5.81. The predicted molar refractivity (Wildman–Crippen MR) is 75.6 cm³/mol. The van der Waals surface area contributed by atoms with Gasteiger partial charge in [-0.15, -0.1) is 0 Å². The van der Waals surface area contributed by atoms with Crippen LogP contribution in [0.25, 0.3) is 0 Å². The minimum absolute atomic E-state index is 0.322. The van der Waals surface area contributed by atoms with Gasteiger partial charge in [-0.3, -0.25) is 0 Å². The molecule has 0 aliphatic carbocycles. The maximum atomic E-state index is 12.4. The van der Waals surface area contributed by atoms with E-state index < -0.39 is 4.71 Å². The first-order valence-corrected chi connectivity index (χ1v) is 7.22. The first kappa shape index (κ1) is 13.0. The highest BCUT2D eigenvalue weighted by molar-refractivity contribution is 14.1. The van der Waals surface area contributed by atoms with Crippen molar-refractivity contribution in [1.29, 1.82) is 0 Å². The van der Waals surface area contributed by atoms with Crippen LogP contribution in [0, 0.1) is 10.8 Å². The van der Waals surface area contributed by atoms with Gasteiger partial charge in [0.2, 0.25) is 0 Å². The standard InChI is InChI=1S/C5HClF2I3NS/c6-5(7,8)13-4-2(10)1(9)3(11)12-4/h12H. The molecule has 0 bridgehead atoms. The van der Waals surface area contributed by atoms with Gasteiger partial charge in [-0.2, -0.15) is 8.78 Å². The van der Waals surface area contributed by atoms with E-state index in [0.29, 0.717) is 16.8 Å². The molecule has 8 heteroatoms. The minimum Gasteiger partial charge on any atom is -0.343 e. The SMILES string of the molecule is FC(F)(Cl)Sc1[nH]c(I)c(I)c1I. The maximum absolute atomic E-state index is 12.4. The predicted octanol–water partition coefficient (Wildman–Crippen LogP) is 4.71. The molecule has 13 heavy (non-hydrogen) atoms. The number of aromatic amines is 1. The molecular formula is C5HClF2I3NS. The van der Waals surface area contributed by atoms with Crippen LogP contribution in [-0.4, -0.2) is 9.70 Å². The Morgan fingerprint density at radius 3 is 2.08 bits per heavy atom. The molecule has 0 saturated carbocycles. The molecule has 0 fully saturated rings. The summed E-state index contributed by atoms with van der Waals surface area (Å²) in [4.78, 5) is 2.84. The van der Waals surface area contributed by atoms with Crippen molar-refractivity contribution in [2.45, 2.75) is 9.74 Å². The van der Waals surface area contributed by atoms with Gasteiger partial charge in [-0.25, -0.2) is 0 Å². The van der Waals surface area contributed by atoms with E-state index in [9.17, 15) is 8.78 Å². The highest BCUT2D eigenvalue weighted by Crippen LogP contribution is 2.42. The van der Waals surface area contributed by atoms with Crippen LogP contribution in [0.2, 0.25) is 0 Å². The lowest BCUT2D eigenvalue weighted by molar-refractivity contribution is 0.203. The van der Waals surface area contributed by atoms with Gasteiger partial charge in [0.1, 0.15) is 0 Å². The Bertz CT molecular complexity index is 324. The largest absolute Gasteiger partial charge is 0.377 e. The fourth-order valence-electron chi connectivity index (χ4n) is 0.591. The first-order valence-electron chi connectivity index (χ1n) is 2.79. The molecule has 0 atom stereocenters. The van der Waals surface area contributed by atoms with E-state index >= 15 is 0 Å². The zero-order valence-electron chi connectivity index (χ0n) is 5.68. The molecule has 1 heterocycles. The molecule has 0 radical (unpaired) electrons. The summed E-state index contributed by atoms with van der Waals surface area (Å²) >= 11 is 11.3. The number of thioether (sulfide) groups is 1. The molecule has 0 aliphatic rings. The third-order valence-electron chi connectivity index (χ3n) is 1.03. The van der Waals surface area contributed by atoms with Gasteiger partial charge >= 0.3 is 4.71 Å². The number of hydrogen-bond acceptors (Lipinski definition) is 1. The van der Waals surface area contributed by atoms with Gasteiger partial charge in [0.15, 0.2) is 0 Å². The number of rotatable bonds is 2. The maximum Gasteiger partial charge on any atom is 0.377 e. The third-order valence-corrected chi connectivity index (χ3v) is 7.40. The number of halogens is 6. The van der Waals surface area contributed by atoms with Crippen molar-refractivity contribution in [2.24, 2.45) is 0 Å². The van der Waals surface area contributed by atoms with Crippen LogP contribution in [-0.2, 0) is 0 Å². The highest BCUT2D eigenvalue weighted by Gasteiger charge is 2.29. The number of hydrogen-bond donors (Lipinski definition) is 1. The second-order valence-electron chi connectivity index (χ2n) is 1.94. The molecule has 1 aromatic rings. The number of aromatic nitrogens is 1. The normalized spacial score (nSPS) is 12.2. The van der Waals surface area contributed by atoms with Crippen LogP contribution in [0.1, 0.15) is 0 Å². The van der Waals surface area contributed by atoms with E-state index in [2.05, 4.69) is 50.2 Å². The average Bonchev–Trinajstić information content (AvgIpc) is 2.15. The molecule has 1 aromatic heterocycles. The van der Waals surface area contributed by atoms with Crippen molar-refractivity contribution in [1.82, 2.24) is 4.98 Å². The van der Waals surface area contributed by atoms with Crippen molar-refractivity contribution >= 4 is 91.1 Å². The number of H-pyrrole nitrogens is 1. The summed E-state index contributed by atoms with van der Waals surface area (Å²) in [6.07, 6.45) is 0. The molecule has 0 unspecified atom stereocenters. The van der Waals surface area contributed by atoms with Gasteiger partial charge in [0.05, 0.1) is 15.9 Å². The zero-order chi connectivity index (χ0) is 10.2. The van der Waals surface area contributed by atoms with E-state index in [1.807, 2.05) is 22.6 Å². The molecule has 0 aliphatic heterocycles. The van der Waals surface area contributed by atoms with Crippen molar-refractivity contribution in [3.63, 3.8) is 0 Å². The number of alkyl halides is 3. The van der Waals surface area contributed by atoms with Crippen LogP contribution in [0.5, 0.6) is 0 Å². The monoisotopic (exact) mass is 561 g/mol. The molecule has 1 nitrogen and oxygen atoms in total.